The number of nitrogens with one attached hydrogen (secondary N) is 1. The molecule has 0 unspecified atom stereocenters. The minimum atomic E-state index is -4.70. The van der Waals surface area contributed by atoms with Crippen LogP contribution in [0.25, 0.3) is 11.1 Å². The van der Waals surface area contributed by atoms with Crippen molar-refractivity contribution in [2.45, 2.75) is 43.0 Å². The van der Waals surface area contributed by atoms with E-state index in [9.17, 15) is 41.4 Å². The second-order valence-corrected chi connectivity index (χ2v) is 14.4. The third kappa shape index (κ3) is 10.3. The number of carbonyl (C=O) groups excluding carboxylic acids is 2. The van der Waals surface area contributed by atoms with Gasteiger partial charge in [-0.2, -0.15) is 13.2 Å². The number of carbonyl (C=O) groups is 2. The van der Waals surface area contributed by atoms with Crippen LogP contribution in [0, 0.1) is 6.92 Å². The molecule has 0 spiro atoms. The van der Waals surface area contributed by atoms with E-state index in [1.165, 1.54) is 48.4 Å². The molecule has 5 aromatic carbocycles. The summed E-state index contributed by atoms with van der Waals surface area (Å²) in [5.74, 6) is -1.52. The third-order valence-electron chi connectivity index (χ3n) is 8.41. The van der Waals surface area contributed by atoms with Gasteiger partial charge in [-0.15, -0.1) is 0 Å². The number of halogens is 3. The summed E-state index contributed by atoms with van der Waals surface area (Å²) in [7, 11) is -2.42. The van der Waals surface area contributed by atoms with E-state index in [0.29, 0.717) is 11.1 Å². The summed E-state index contributed by atoms with van der Waals surface area (Å²) in [6, 6.07) is 30.1. The number of nitrogens with zero attached hydrogens (tertiary/aromatic N) is 1. The number of aliphatic hydroxyl groups is 2. The van der Waals surface area contributed by atoms with Crippen LogP contribution in [0.3, 0.4) is 0 Å². The maximum absolute atomic E-state index is 13.6. The fraction of sp³-hybridized carbons (Fsp3) is 0.200. The highest BCUT2D eigenvalue weighted by molar-refractivity contribution is 7.90. The van der Waals surface area contributed by atoms with E-state index >= 15 is 0 Å². The number of hydrogen-bond acceptors (Lipinski definition) is 7. The molecular formula is C40H37F3N2O7S. The van der Waals surface area contributed by atoms with Gasteiger partial charge in [-0.05, 0) is 83.3 Å². The second kappa shape index (κ2) is 16.4. The maximum atomic E-state index is 13.6. The lowest BCUT2D eigenvalue weighted by Crippen LogP contribution is -2.37. The largest absolute Gasteiger partial charge is 0.497 e. The molecule has 276 valence electrons. The minimum Gasteiger partial charge on any atom is -0.497 e. The zero-order chi connectivity index (χ0) is 38.3. The molecular weight excluding hydrogens is 710 g/mol. The number of ether oxygens (including phenoxy) is 1. The molecule has 5 rings (SSSR count). The third-order valence-corrected chi connectivity index (χ3v) is 10.1. The Hall–Kier alpha value is -5.50. The molecule has 0 saturated carbocycles. The molecule has 0 radical (unpaired) electrons. The molecule has 0 saturated heterocycles. The van der Waals surface area contributed by atoms with Gasteiger partial charge in [-0.25, -0.2) is 8.42 Å². The zero-order valence-electron chi connectivity index (χ0n) is 28.8. The minimum absolute atomic E-state index is 0.00365. The number of benzene rings is 5. The van der Waals surface area contributed by atoms with Crippen molar-refractivity contribution in [3.63, 3.8) is 0 Å². The molecule has 0 aliphatic heterocycles. The molecule has 0 fully saturated rings. The lowest BCUT2D eigenvalue weighted by Gasteiger charge is -2.24. The Kier molecular flexibility index (Phi) is 12.0. The summed E-state index contributed by atoms with van der Waals surface area (Å²) in [5.41, 5.74) is 3.28. The Balaban J connectivity index is 1.21. The topological polar surface area (TPSA) is 133 Å². The molecule has 5 aromatic rings. The number of methoxy groups -OCH3 is 1. The molecule has 0 heterocycles. The number of hydrogen-bond donors (Lipinski definition) is 3. The summed E-state index contributed by atoms with van der Waals surface area (Å²) < 4.78 is 71.9. The van der Waals surface area contributed by atoms with Gasteiger partial charge in [-0.3, -0.25) is 9.59 Å². The van der Waals surface area contributed by atoms with Gasteiger partial charge in [0.1, 0.15) is 5.75 Å². The van der Waals surface area contributed by atoms with Crippen LogP contribution in [-0.2, 0) is 39.5 Å². The molecule has 53 heavy (non-hydrogen) atoms. The molecule has 0 aliphatic carbocycles. The first-order valence-electron chi connectivity index (χ1n) is 16.4. The first kappa shape index (κ1) is 38.7. The van der Waals surface area contributed by atoms with Crippen LogP contribution in [0.5, 0.6) is 5.75 Å². The summed E-state index contributed by atoms with van der Waals surface area (Å²) in [6.45, 7) is 1.52. The fourth-order valence-corrected chi connectivity index (χ4v) is 6.99. The summed E-state index contributed by atoms with van der Waals surface area (Å²) in [4.78, 5) is 27.4. The quantitative estimate of drug-likeness (QED) is 0.113. The first-order chi connectivity index (χ1) is 25.1. The number of rotatable bonds is 13. The van der Waals surface area contributed by atoms with E-state index in [1.54, 1.807) is 48.5 Å². The smallest absolute Gasteiger partial charge is 0.416 e. The van der Waals surface area contributed by atoms with Crippen LogP contribution in [0.4, 0.5) is 18.9 Å². The number of aryl methyl sites for hydroxylation is 1. The van der Waals surface area contributed by atoms with Crippen molar-refractivity contribution in [3.05, 3.63) is 149 Å². The van der Waals surface area contributed by atoms with Crippen molar-refractivity contribution in [1.29, 1.82) is 0 Å². The van der Waals surface area contributed by atoms with Gasteiger partial charge in [0.05, 0.1) is 36.3 Å². The zero-order valence-corrected chi connectivity index (χ0v) is 29.6. The number of alkyl halides is 3. The SMILES string of the molecule is COc1ccc(CC(=O)Nc2ccc(C(=O)N(Cc3ccc(CS(=O)(=O)c4ccc(-c5ccc(C)cc5)cc4)cc3)CC(O)O)cc2)c(C(F)(F)F)c1. The standard InChI is InChI=1S/C40H37F3N2O7S/c1-26-3-9-29(10-4-26)30-14-19-35(20-15-30)53(50,51)25-28-7-5-27(6-8-28)23-45(24-38(47)48)39(49)31-11-16-33(17-12-31)44-37(46)21-32-13-18-34(52-2)22-36(32)40(41,42)43/h3-20,22,38,47-48H,21,23-25H2,1-2H3,(H,44,46). The van der Waals surface area contributed by atoms with Gasteiger partial charge in [0, 0.05) is 17.8 Å². The van der Waals surface area contributed by atoms with E-state index in [0.717, 1.165) is 22.8 Å². The van der Waals surface area contributed by atoms with Crippen molar-refractivity contribution in [2.75, 3.05) is 19.0 Å². The fourth-order valence-electron chi connectivity index (χ4n) is 5.64. The van der Waals surface area contributed by atoms with Crippen LogP contribution >= 0.6 is 0 Å². The number of amides is 2. The van der Waals surface area contributed by atoms with E-state index in [-0.39, 0.29) is 39.8 Å². The average Bonchev–Trinajstić information content (AvgIpc) is 3.12. The molecule has 0 aliphatic rings. The van der Waals surface area contributed by atoms with E-state index in [1.807, 2.05) is 31.2 Å². The van der Waals surface area contributed by atoms with Crippen LogP contribution in [0.1, 0.15) is 38.2 Å². The van der Waals surface area contributed by atoms with E-state index < -0.39 is 52.6 Å². The first-order valence-corrected chi connectivity index (χ1v) is 18.0. The summed E-state index contributed by atoms with van der Waals surface area (Å²) >= 11 is 0. The van der Waals surface area contributed by atoms with Crippen molar-refractivity contribution >= 4 is 27.3 Å². The number of anilines is 1. The highest BCUT2D eigenvalue weighted by Crippen LogP contribution is 2.35. The van der Waals surface area contributed by atoms with Crippen LogP contribution in [-0.4, -0.2) is 55.3 Å². The van der Waals surface area contributed by atoms with Crippen LogP contribution in [0.15, 0.2) is 120 Å². The van der Waals surface area contributed by atoms with E-state index in [2.05, 4.69) is 5.32 Å². The lowest BCUT2D eigenvalue weighted by atomic mass is 10.0. The van der Waals surface area contributed by atoms with Crippen molar-refractivity contribution in [2.24, 2.45) is 0 Å². The molecule has 0 aromatic heterocycles. The lowest BCUT2D eigenvalue weighted by molar-refractivity contribution is -0.138. The number of aliphatic hydroxyl groups excluding tert-OH is 1. The molecule has 0 atom stereocenters. The number of sulfone groups is 1. The van der Waals surface area contributed by atoms with Gasteiger partial charge in [0.2, 0.25) is 5.91 Å². The van der Waals surface area contributed by atoms with Gasteiger partial charge in [-0.1, -0.05) is 72.3 Å². The van der Waals surface area contributed by atoms with Gasteiger partial charge < -0.3 is 25.2 Å². The Morgan fingerprint density at radius 3 is 1.96 bits per heavy atom. The molecule has 3 N–H and O–H groups in total. The molecule has 13 heteroatoms. The maximum Gasteiger partial charge on any atom is 0.416 e. The highest BCUT2D eigenvalue weighted by Gasteiger charge is 2.34. The summed E-state index contributed by atoms with van der Waals surface area (Å²) in [5, 5.41) is 21.9. The molecule has 0 bridgehead atoms. The van der Waals surface area contributed by atoms with Crippen molar-refractivity contribution in [1.82, 2.24) is 4.90 Å². The predicted molar refractivity (Wildman–Crippen MR) is 194 cm³/mol. The van der Waals surface area contributed by atoms with Crippen LogP contribution in [0.2, 0.25) is 0 Å². The average molecular weight is 747 g/mol. The van der Waals surface area contributed by atoms with Crippen molar-refractivity contribution < 1.29 is 46.1 Å². The van der Waals surface area contributed by atoms with E-state index in [4.69, 9.17) is 4.74 Å². The monoisotopic (exact) mass is 746 g/mol. The normalized spacial score (nSPS) is 11.7. The van der Waals surface area contributed by atoms with Crippen LogP contribution < -0.4 is 10.1 Å². The second-order valence-electron chi connectivity index (χ2n) is 12.5. The Morgan fingerprint density at radius 2 is 1.40 bits per heavy atom. The Morgan fingerprint density at radius 1 is 0.811 bits per heavy atom. The Bertz CT molecular complexity index is 2150. The summed E-state index contributed by atoms with van der Waals surface area (Å²) in [6.07, 6.45) is -7.11. The highest BCUT2D eigenvalue weighted by atomic mass is 32.2. The van der Waals surface area contributed by atoms with Gasteiger partial charge in [0.25, 0.3) is 5.91 Å². The molecule has 9 nitrogen and oxygen atoms in total. The molecule has 2 amide bonds. The van der Waals surface area contributed by atoms with Gasteiger partial charge >= 0.3 is 6.18 Å². The Labute approximate surface area is 305 Å². The van der Waals surface area contributed by atoms with Crippen molar-refractivity contribution in [3.8, 4) is 16.9 Å². The predicted octanol–water partition coefficient (Wildman–Crippen LogP) is 6.80. The van der Waals surface area contributed by atoms with Gasteiger partial charge in [0.15, 0.2) is 16.1 Å².